The number of ether oxygens (including phenoxy) is 3. The molecule has 176 valence electrons. The van der Waals surface area contributed by atoms with Crippen LogP contribution in [0, 0.1) is 0 Å². The molecule has 1 aliphatic heterocycles. The Morgan fingerprint density at radius 3 is 2.33 bits per heavy atom. The first-order valence-electron chi connectivity index (χ1n) is 11.4. The molecule has 0 saturated carbocycles. The molecule has 0 spiro atoms. The minimum atomic E-state index is -0.675. The van der Waals surface area contributed by atoms with Crippen molar-refractivity contribution in [3.8, 4) is 17.2 Å². The first-order valence-corrected chi connectivity index (χ1v) is 11.4. The Balaban J connectivity index is 1.52. The zero-order valence-electron chi connectivity index (χ0n) is 19.5. The average molecular weight is 478 g/mol. The maximum Gasteiger partial charge on any atom is 0.343 e. The molecule has 0 fully saturated rings. The van der Waals surface area contributed by atoms with Crippen LogP contribution in [-0.4, -0.2) is 36.5 Å². The van der Waals surface area contributed by atoms with Gasteiger partial charge in [-0.05, 0) is 37.3 Å². The van der Waals surface area contributed by atoms with Crippen molar-refractivity contribution in [3.05, 3.63) is 106 Å². The fourth-order valence-corrected chi connectivity index (χ4v) is 4.61. The average Bonchev–Trinajstić information content (AvgIpc) is 2.90. The molecule has 0 radical (unpaired) electrons. The Morgan fingerprint density at radius 1 is 0.944 bits per heavy atom. The van der Waals surface area contributed by atoms with Gasteiger partial charge in [-0.3, -0.25) is 9.59 Å². The third-order valence-electron chi connectivity index (χ3n) is 6.42. The summed E-state index contributed by atoms with van der Waals surface area (Å²) < 4.78 is 17.1. The number of carbonyl (C=O) groups excluding carboxylic acids is 3. The Labute approximate surface area is 206 Å². The van der Waals surface area contributed by atoms with Gasteiger partial charge in [0.15, 0.2) is 11.5 Å². The highest BCUT2D eigenvalue weighted by Crippen LogP contribution is 2.42. The third kappa shape index (κ3) is 3.36. The first-order chi connectivity index (χ1) is 17.4. The van der Waals surface area contributed by atoms with Gasteiger partial charge < -0.3 is 14.2 Å². The van der Waals surface area contributed by atoms with Gasteiger partial charge in [0.05, 0.1) is 18.2 Å². The highest BCUT2D eigenvalue weighted by atomic mass is 16.5. The maximum absolute atomic E-state index is 13.7. The SMILES string of the molecule is COc1ccc(C(=O)Oc2cc3c(c4c2C(=O)c2ccccc2C4=O)[NH+]=C2C=CC(C)=CC2O3)cc1. The van der Waals surface area contributed by atoms with Crippen molar-refractivity contribution in [1.82, 2.24) is 0 Å². The quantitative estimate of drug-likeness (QED) is 0.359. The predicted octanol–water partition coefficient (Wildman–Crippen LogP) is 3.12. The molecule has 2 aliphatic carbocycles. The van der Waals surface area contributed by atoms with Crippen LogP contribution < -0.4 is 19.2 Å². The van der Waals surface area contributed by atoms with E-state index in [0.717, 1.165) is 11.3 Å². The lowest BCUT2D eigenvalue weighted by molar-refractivity contribution is -0.362. The summed E-state index contributed by atoms with van der Waals surface area (Å²) in [7, 11) is 1.53. The van der Waals surface area contributed by atoms with Crippen LogP contribution in [0.25, 0.3) is 0 Å². The van der Waals surface area contributed by atoms with Crippen LogP contribution >= 0.6 is 0 Å². The monoisotopic (exact) mass is 478 g/mol. The van der Waals surface area contributed by atoms with Crippen LogP contribution in [0.15, 0.2) is 78.4 Å². The summed E-state index contributed by atoms with van der Waals surface area (Å²) in [4.78, 5) is 43.6. The number of fused-ring (bicyclic) bond motifs is 5. The Morgan fingerprint density at radius 2 is 1.64 bits per heavy atom. The number of rotatable bonds is 3. The van der Waals surface area contributed by atoms with E-state index in [1.165, 1.54) is 13.2 Å². The van der Waals surface area contributed by atoms with Gasteiger partial charge in [0.1, 0.15) is 17.1 Å². The van der Waals surface area contributed by atoms with Crippen molar-refractivity contribution >= 4 is 28.9 Å². The van der Waals surface area contributed by atoms with Gasteiger partial charge in [-0.25, -0.2) is 9.79 Å². The second-order valence-electron chi connectivity index (χ2n) is 8.68. The largest absolute Gasteiger partial charge is 0.497 e. The molecule has 0 bridgehead atoms. The Kier molecular flexibility index (Phi) is 4.93. The minimum Gasteiger partial charge on any atom is -0.497 e. The molecule has 1 atom stereocenters. The lowest BCUT2D eigenvalue weighted by Gasteiger charge is -2.25. The van der Waals surface area contributed by atoms with Crippen LogP contribution in [0.4, 0.5) is 5.69 Å². The van der Waals surface area contributed by atoms with Crippen molar-refractivity contribution in [2.45, 2.75) is 13.0 Å². The molecule has 1 N–H and O–H groups in total. The van der Waals surface area contributed by atoms with Gasteiger partial charge in [0, 0.05) is 23.3 Å². The van der Waals surface area contributed by atoms with E-state index in [4.69, 9.17) is 14.2 Å². The lowest BCUT2D eigenvalue weighted by Crippen LogP contribution is -2.72. The molecule has 3 aromatic carbocycles. The highest BCUT2D eigenvalue weighted by Gasteiger charge is 2.42. The molecule has 7 heteroatoms. The van der Waals surface area contributed by atoms with Crippen molar-refractivity contribution in [1.29, 1.82) is 0 Å². The van der Waals surface area contributed by atoms with Gasteiger partial charge in [0.2, 0.25) is 17.6 Å². The van der Waals surface area contributed by atoms with Gasteiger partial charge in [-0.15, -0.1) is 0 Å². The molecule has 1 heterocycles. The number of ketones is 2. The maximum atomic E-state index is 13.7. The van der Waals surface area contributed by atoms with E-state index < -0.39 is 17.9 Å². The van der Waals surface area contributed by atoms with E-state index in [0.29, 0.717) is 22.7 Å². The second kappa shape index (κ2) is 8.16. The van der Waals surface area contributed by atoms with E-state index in [1.54, 1.807) is 48.5 Å². The van der Waals surface area contributed by atoms with E-state index in [-0.39, 0.29) is 33.8 Å². The summed E-state index contributed by atoms with van der Waals surface area (Å²) in [5, 5.41) is 0. The number of carbonyl (C=O) groups is 3. The Hall–Kier alpha value is -4.78. The lowest BCUT2D eigenvalue weighted by atomic mass is 9.82. The van der Waals surface area contributed by atoms with Gasteiger partial charge in [0.25, 0.3) is 5.69 Å². The zero-order chi connectivity index (χ0) is 25.0. The molecule has 0 amide bonds. The smallest absolute Gasteiger partial charge is 0.343 e. The summed E-state index contributed by atoms with van der Waals surface area (Å²) in [5.74, 6) is -0.544. The number of nitrogens with one attached hydrogen (secondary N) is 1. The van der Waals surface area contributed by atoms with E-state index in [9.17, 15) is 14.4 Å². The summed E-state index contributed by atoms with van der Waals surface area (Å²) in [5.41, 5.74) is 3.12. The molecule has 3 aliphatic rings. The van der Waals surface area contributed by atoms with Crippen molar-refractivity contribution in [2.24, 2.45) is 0 Å². The van der Waals surface area contributed by atoms with E-state index in [1.807, 2.05) is 25.2 Å². The highest BCUT2D eigenvalue weighted by molar-refractivity contribution is 6.31. The minimum absolute atomic E-state index is 0.0287. The van der Waals surface area contributed by atoms with E-state index in [2.05, 4.69) is 4.99 Å². The number of hydrogen-bond acceptors (Lipinski definition) is 6. The molecule has 3 aromatic rings. The predicted molar refractivity (Wildman–Crippen MR) is 131 cm³/mol. The summed E-state index contributed by atoms with van der Waals surface area (Å²) in [6, 6.07) is 14.5. The molecule has 1 unspecified atom stereocenters. The fourth-order valence-electron chi connectivity index (χ4n) is 4.61. The molecular weight excluding hydrogens is 458 g/mol. The number of allylic oxidation sites excluding steroid dienone is 2. The van der Waals surface area contributed by atoms with Crippen LogP contribution in [-0.2, 0) is 0 Å². The van der Waals surface area contributed by atoms with Crippen LogP contribution in [0.2, 0.25) is 0 Å². The molecule has 0 saturated heterocycles. The summed E-state index contributed by atoms with van der Waals surface area (Å²) in [6.45, 7) is 1.96. The van der Waals surface area contributed by atoms with Crippen LogP contribution in [0.5, 0.6) is 17.2 Å². The molecular formula is C29H20NO6+. The third-order valence-corrected chi connectivity index (χ3v) is 6.42. The topological polar surface area (TPSA) is 92.9 Å². The van der Waals surface area contributed by atoms with Gasteiger partial charge in [-0.1, -0.05) is 35.9 Å². The normalized spacial score (nSPS) is 17.0. The van der Waals surface area contributed by atoms with Gasteiger partial charge >= 0.3 is 5.97 Å². The van der Waals surface area contributed by atoms with Crippen LogP contribution in [0.3, 0.4) is 0 Å². The first kappa shape index (κ1) is 21.7. The fraction of sp³-hybridized carbons (Fsp3) is 0.103. The molecule has 36 heavy (non-hydrogen) atoms. The molecule has 7 nitrogen and oxygen atoms in total. The van der Waals surface area contributed by atoms with Crippen molar-refractivity contribution in [2.75, 3.05) is 7.11 Å². The molecule has 0 aromatic heterocycles. The standard InChI is InChI=1S/C29H19NO6/c1-15-7-12-20-21(13-15)35-23-14-22(36-29(33)16-8-10-17(34-2)11-9-16)24-25(26(23)30-20)28(32)19-6-4-3-5-18(19)27(24)31/h3-14,21H,1-2H3/p+1. The Bertz CT molecular complexity index is 1580. The second-order valence-corrected chi connectivity index (χ2v) is 8.68. The van der Waals surface area contributed by atoms with Gasteiger partial charge in [-0.2, -0.15) is 0 Å². The number of esters is 1. The number of benzene rings is 3. The van der Waals surface area contributed by atoms with Crippen molar-refractivity contribution < 1.29 is 33.6 Å². The number of hydrogen-bond donors (Lipinski definition) is 1. The van der Waals surface area contributed by atoms with Crippen LogP contribution in [0.1, 0.15) is 49.1 Å². The summed E-state index contributed by atoms with van der Waals surface area (Å²) in [6.07, 6.45) is 5.37. The summed E-state index contributed by atoms with van der Waals surface area (Å²) >= 11 is 0. The van der Waals surface area contributed by atoms with E-state index >= 15 is 0 Å². The van der Waals surface area contributed by atoms with Crippen molar-refractivity contribution in [3.63, 3.8) is 0 Å². The zero-order valence-corrected chi connectivity index (χ0v) is 19.5. The molecule has 6 rings (SSSR count). The number of methoxy groups -OCH3 is 1.